The third-order valence-electron chi connectivity index (χ3n) is 4.02. The Morgan fingerprint density at radius 3 is 2.88 bits per heavy atom. The van der Waals surface area contributed by atoms with Gasteiger partial charge in [0, 0.05) is 31.8 Å². The van der Waals surface area contributed by atoms with Gasteiger partial charge in [0.05, 0.1) is 18.8 Å². The summed E-state index contributed by atoms with van der Waals surface area (Å²) in [4.78, 5) is 2.56. The lowest BCUT2D eigenvalue weighted by atomic mass is 9.98. The van der Waals surface area contributed by atoms with Crippen LogP contribution in [-0.4, -0.2) is 55.5 Å². The molecule has 2 saturated heterocycles. The first kappa shape index (κ1) is 13.3. The molecule has 0 saturated carbocycles. The highest BCUT2D eigenvalue weighted by Gasteiger charge is 2.31. The van der Waals surface area contributed by atoms with E-state index >= 15 is 0 Å². The van der Waals surface area contributed by atoms with E-state index in [9.17, 15) is 0 Å². The van der Waals surface area contributed by atoms with Gasteiger partial charge in [0.15, 0.2) is 0 Å². The number of morpholine rings is 1. The maximum atomic E-state index is 5.94. The molecule has 2 fully saturated rings. The van der Waals surface area contributed by atoms with E-state index < -0.39 is 0 Å². The highest BCUT2D eigenvalue weighted by molar-refractivity contribution is 4.85. The first-order valence-corrected chi connectivity index (χ1v) is 6.93. The molecule has 0 spiro atoms. The first-order valence-electron chi connectivity index (χ1n) is 6.93. The summed E-state index contributed by atoms with van der Waals surface area (Å²) in [5.74, 6) is 0. The fourth-order valence-corrected chi connectivity index (χ4v) is 2.82. The van der Waals surface area contributed by atoms with Crippen LogP contribution in [0.25, 0.3) is 0 Å². The van der Waals surface area contributed by atoms with Crippen molar-refractivity contribution >= 4 is 0 Å². The van der Waals surface area contributed by atoms with E-state index in [-0.39, 0.29) is 12.1 Å². The van der Waals surface area contributed by atoms with Gasteiger partial charge in [-0.25, -0.2) is 0 Å². The van der Waals surface area contributed by atoms with E-state index in [4.69, 9.17) is 15.2 Å². The summed E-state index contributed by atoms with van der Waals surface area (Å²) < 4.78 is 11.5. The average molecular weight is 242 g/mol. The summed E-state index contributed by atoms with van der Waals surface area (Å²) >= 11 is 0. The van der Waals surface area contributed by atoms with Gasteiger partial charge < -0.3 is 15.2 Å². The first-order chi connectivity index (χ1) is 8.20. The van der Waals surface area contributed by atoms with Gasteiger partial charge in [0.1, 0.15) is 0 Å². The second-order valence-corrected chi connectivity index (χ2v) is 5.34. The van der Waals surface area contributed by atoms with E-state index in [0.717, 1.165) is 39.1 Å². The summed E-state index contributed by atoms with van der Waals surface area (Å²) in [5.41, 5.74) is 5.94. The van der Waals surface area contributed by atoms with Crippen molar-refractivity contribution < 1.29 is 9.47 Å². The van der Waals surface area contributed by atoms with E-state index in [1.54, 1.807) is 0 Å². The van der Waals surface area contributed by atoms with Crippen molar-refractivity contribution in [1.82, 2.24) is 4.90 Å². The van der Waals surface area contributed by atoms with Gasteiger partial charge in [-0.15, -0.1) is 0 Å². The molecule has 4 heteroatoms. The van der Waals surface area contributed by atoms with Crippen molar-refractivity contribution in [2.24, 2.45) is 5.73 Å². The minimum Gasteiger partial charge on any atom is -0.378 e. The van der Waals surface area contributed by atoms with Crippen molar-refractivity contribution in [3.63, 3.8) is 0 Å². The Morgan fingerprint density at radius 2 is 2.18 bits per heavy atom. The smallest absolute Gasteiger partial charge is 0.0850 e. The molecule has 2 N–H and O–H groups in total. The molecule has 2 aliphatic heterocycles. The van der Waals surface area contributed by atoms with Crippen LogP contribution in [0.3, 0.4) is 0 Å². The molecule has 0 aromatic carbocycles. The van der Waals surface area contributed by atoms with Crippen molar-refractivity contribution in [2.75, 3.05) is 26.3 Å². The number of nitrogens with zero attached hydrogens (tertiary/aromatic N) is 1. The molecule has 4 nitrogen and oxygen atoms in total. The lowest BCUT2D eigenvalue weighted by Gasteiger charge is -2.42. The van der Waals surface area contributed by atoms with Crippen molar-refractivity contribution in [3.8, 4) is 0 Å². The zero-order valence-corrected chi connectivity index (χ0v) is 11.1. The monoisotopic (exact) mass is 242 g/mol. The second-order valence-electron chi connectivity index (χ2n) is 5.34. The van der Waals surface area contributed by atoms with Gasteiger partial charge in [-0.3, -0.25) is 4.90 Å². The predicted octanol–water partition coefficient (Wildman–Crippen LogP) is 0.992. The molecule has 0 aromatic rings. The number of hydrogen-bond acceptors (Lipinski definition) is 4. The molecule has 2 aliphatic rings. The van der Waals surface area contributed by atoms with E-state index in [0.29, 0.717) is 12.1 Å². The van der Waals surface area contributed by atoms with Gasteiger partial charge in [-0.1, -0.05) is 6.92 Å². The van der Waals surface area contributed by atoms with Crippen LogP contribution in [0.15, 0.2) is 0 Å². The molecule has 0 aromatic heterocycles. The standard InChI is InChI=1S/C13H26N2O2/c1-3-12-8-11(4-6-16-12)15-5-7-17-13(9-15)10(2)14/h10-13H,3-9,14H2,1-2H3. The highest BCUT2D eigenvalue weighted by atomic mass is 16.5. The average Bonchev–Trinajstić information content (AvgIpc) is 2.39. The summed E-state index contributed by atoms with van der Waals surface area (Å²) in [7, 11) is 0. The third-order valence-corrected chi connectivity index (χ3v) is 4.02. The molecule has 17 heavy (non-hydrogen) atoms. The van der Waals surface area contributed by atoms with Crippen LogP contribution >= 0.6 is 0 Å². The predicted molar refractivity (Wildman–Crippen MR) is 68.0 cm³/mol. The summed E-state index contributed by atoms with van der Waals surface area (Å²) in [6.07, 6.45) is 4.10. The van der Waals surface area contributed by atoms with Gasteiger partial charge in [0.2, 0.25) is 0 Å². The number of rotatable bonds is 3. The maximum absolute atomic E-state index is 5.94. The van der Waals surface area contributed by atoms with Crippen LogP contribution in [0.2, 0.25) is 0 Å². The van der Waals surface area contributed by atoms with Gasteiger partial charge >= 0.3 is 0 Å². The summed E-state index contributed by atoms with van der Waals surface area (Å²) in [6.45, 7) is 8.00. The molecule has 4 unspecified atom stereocenters. The topological polar surface area (TPSA) is 47.7 Å². The Morgan fingerprint density at radius 1 is 1.35 bits per heavy atom. The zero-order valence-electron chi connectivity index (χ0n) is 11.1. The van der Waals surface area contributed by atoms with Crippen molar-refractivity contribution in [1.29, 1.82) is 0 Å². The van der Waals surface area contributed by atoms with Crippen LogP contribution in [0.5, 0.6) is 0 Å². The SMILES string of the molecule is CCC1CC(N2CCOC(C(C)N)C2)CCO1. The highest BCUT2D eigenvalue weighted by Crippen LogP contribution is 2.23. The molecular weight excluding hydrogens is 216 g/mol. The molecule has 100 valence electrons. The Hall–Kier alpha value is -0.160. The Balaban J connectivity index is 1.88. The number of hydrogen-bond donors (Lipinski definition) is 1. The zero-order chi connectivity index (χ0) is 12.3. The molecule has 0 aliphatic carbocycles. The summed E-state index contributed by atoms with van der Waals surface area (Å²) in [6, 6.07) is 0.790. The second kappa shape index (κ2) is 6.14. The van der Waals surface area contributed by atoms with E-state index in [1.165, 1.54) is 6.42 Å². The third kappa shape index (κ3) is 3.41. The number of ether oxygens (including phenoxy) is 2. The Kier molecular flexibility index (Phi) is 4.79. The van der Waals surface area contributed by atoms with Gasteiger partial charge in [-0.2, -0.15) is 0 Å². The molecule has 2 rings (SSSR count). The lowest BCUT2D eigenvalue weighted by Crippen LogP contribution is -2.54. The van der Waals surface area contributed by atoms with E-state index in [2.05, 4.69) is 11.8 Å². The molecule has 2 heterocycles. The molecule has 0 radical (unpaired) electrons. The normalized spacial score (nSPS) is 37.9. The van der Waals surface area contributed by atoms with Gasteiger partial charge in [-0.05, 0) is 26.2 Å². The Bertz CT molecular complexity index is 235. The molecular formula is C13H26N2O2. The molecule has 0 bridgehead atoms. The van der Waals surface area contributed by atoms with Crippen LogP contribution < -0.4 is 5.73 Å². The minimum atomic E-state index is 0.125. The van der Waals surface area contributed by atoms with Crippen LogP contribution in [0.4, 0.5) is 0 Å². The van der Waals surface area contributed by atoms with Gasteiger partial charge in [0.25, 0.3) is 0 Å². The van der Waals surface area contributed by atoms with Crippen LogP contribution in [0.1, 0.15) is 33.1 Å². The number of nitrogens with two attached hydrogens (primary N) is 1. The van der Waals surface area contributed by atoms with Crippen molar-refractivity contribution in [2.45, 2.75) is 57.4 Å². The van der Waals surface area contributed by atoms with Crippen molar-refractivity contribution in [3.05, 3.63) is 0 Å². The van der Waals surface area contributed by atoms with Crippen LogP contribution in [-0.2, 0) is 9.47 Å². The largest absolute Gasteiger partial charge is 0.378 e. The molecule has 4 atom stereocenters. The maximum Gasteiger partial charge on any atom is 0.0850 e. The summed E-state index contributed by atoms with van der Waals surface area (Å²) in [5, 5.41) is 0. The minimum absolute atomic E-state index is 0.125. The van der Waals surface area contributed by atoms with E-state index in [1.807, 2.05) is 6.92 Å². The van der Waals surface area contributed by atoms with Crippen LogP contribution in [0, 0.1) is 0 Å². The quantitative estimate of drug-likeness (QED) is 0.802. The lowest BCUT2D eigenvalue weighted by molar-refractivity contribution is -0.0835. The fraction of sp³-hybridized carbons (Fsp3) is 1.00. The molecule has 0 amide bonds. The fourth-order valence-electron chi connectivity index (χ4n) is 2.82. The Labute approximate surface area is 104 Å².